The molecule has 2 N–H and O–H groups in total. The quantitative estimate of drug-likeness (QED) is 0.771. The van der Waals surface area contributed by atoms with Crippen LogP contribution in [0.1, 0.15) is 0 Å². The van der Waals surface area contributed by atoms with E-state index in [9.17, 15) is 9.59 Å². The lowest BCUT2D eigenvalue weighted by Gasteiger charge is -2.19. The molecule has 0 unspecified atom stereocenters. The molecule has 112 valence electrons. The van der Waals surface area contributed by atoms with Gasteiger partial charge in [0.15, 0.2) is 11.5 Å². The van der Waals surface area contributed by atoms with E-state index >= 15 is 0 Å². The number of benzene rings is 1. The third-order valence-electron chi connectivity index (χ3n) is 2.53. The maximum absolute atomic E-state index is 12.0. The second-order valence-corrected chi connectivity index (χ2v) is 3.95. The summed E-state index contributed by atoms with van der Waals surface area (Å²) in [7, 11) is 2.97. The predicted octanol–water partition coefficient (Wildman–Crippen LogP) is 1.26. The molecule has 0 radical (unpaired) electrons. The molecule has 0 aliphatic rings. The van der Waals surface area contributed by atoms with Crippen molar-refractivity contribution in [3.8, 4) is 23.8 Å². The Morgan fingerprint density at radius 1 is 1.33 bits per heavy atom. The molecule has 0 aliphatic heterocycles. The summed E-state index contributed by atoms with van der Waals surface area (Å²) in [6.45, 7) is -0.589. The van der Waals surface area contributed by atoms with Gasteiger partial charge in [-0.25, -0.2) is 4.79 Å². The molecule has 1 aromatic carbocycles. The Balaban J connectivity index is 2.85. The molecule has 0 bridgehead atoms. The number of anilines is 1. The van der Waals surface area contributed by atoms with Gasteiger partial charge in [0.05, 0.1) is 20.8 Å². The fourth-order valence-electron chi connectivity index (χ4n) is 1.59. The minimum absolute atomic E-state index is 0.106. The number of rotatable bonds is 6. The van der Waals surface area contributed by atoms with Crippen molar-refractivity contribution in [1.82, 2.24) is 4.90 Å². The van der Waals surface area contributed by atoms with Crippen molar-refractivity contribution in [3.05, 3.63) is 18.2 Å². The zero-order valence-electron chi connectivity index (χ0n) is 11.8. The van der Waals surface area contributed by atoms with Crippen molar-refractivity contribution in [3.63, 3.8) is 0 Å². The van der Waals surface area contributed by atoms with E-state index in [0.29, 0.717) is 17.2 Å². The Bertz CT molecular complexity index is 565. The lowest BCUT2D eigenvalue weighted by molar-refractivity contribution is -0.137. The van der Waals surface area contributed by atoms with Crippen LogP contribution in [-0.4, -0.2) is 49.3 Å². The van der Waals surface area contributed by atoms with Crippen molar-refractivity contribution < 1.29 is 24.2 Å². The number of nitrogens with one attached hydrogen (secondary N) is 1. The molecule has 1 aromatic rings. The average molecular weight is 292 g/mol. The third-order valence-corrected chi connectivity index (χ3v) is 2.53. The molecule has 0 aromatic heterocycles. The van der Waals surface area contributed by atoms with Gasteiger partial charge in [-0.05, 0) is 12.1 Å². The highest BCUT2D eigenvalue weighted by Gasteiger charge is 2.16. The van der Waals surface area contributed by atoms with Crippen LogP contribution in [0.3, 0.4) is 0 Å². The number of hydrogen-bond acceptors (Lipinski definition) is 4. The Morgan fingerprint density at radius 3 is 2.52 bits per heavy atom. The van der Waals surface area contributed by atoms with E-state index in [2.05, 4.69) is 11.2 Å². The number of nitrogens with zero attached hydrogens (tertiary/aromatic N) is 1. The SMILES string of the molecule is C#CCN(CC(=O)O)C(=O)Nc1ccc(OC)c(OC)c1. The zero-order chi connectivity index (χ0) is 15.8. The monoisotopic (exact) mass is 292 g/mol. The molecule has 0 heterocycles. The van der Waals surface area contributed by atoms with Gasteiger partial charge in [0.25, 0.3) is 0 Å². The van der Waals surface area contributed by atoms with E-state index in [4.69, 9.17) is 21.0 Å². The summed E-state index contributed by atoms with van der Waals surface area (Å²) in [6, 6.07) is 4.18. The highest BCUT2D eigenvalue weighted by atomic mass is 16.5. The largest absolute Gasteiger partial charge is 0.493 e. The first-order valence-corrected chi connectivity index (χ1v) is 5.95. The van der Waals surface area contributed by atoms with Gasteiger partial charge in [0.1, 0.15) is 6.54 Å². The molecule has 7 nitrogen and oxygen atoms in total. The van der Waals surface area contributed by atoms with Crippen molar-refractivity contribution in [2.24, 2.45) is 0 Å². The molecule has 0 fully saturated rings. The molecule has 0 atom stereocenters. The van der Waals surface area contributed by atoms with E-state index in [0.717, 1.165) is 4.90 Å². The van der Waals surface area contributed by atoms with Crippen LogP contribution in [-0.2, 0) is 4.79 Å². The number of aliphatic carboxylic acids is 1. The van der Waals surface area contributed by atoms with E-state index in [1.165, 1.54) is 14.2 Å². The van der Waals surface area contributed by atoms with Gasteiger partial charge in [0.2, 0.25) is 0 Å². The van der Waals surface area contributed by atoms with Crippen molar-refractivity contribution in [2.45, 2.75) is 0 Å². The second-order valence-electron chi connectivity index (χ2n) is 3.95. The first kappa shape index (κ1) is 16.2. The number of carboxylic acids is 1. The number of carboxylic acid groups (broad SMARTS) is 1. The minimum atomic E-state index is -1.15. The molecule has 0 spiro atoms. The van der Waals surface area contributed by atoms with E-state index < -0.39 is 18.5 Å². The highest BCUT2D eigenvalue weighted by Crippen LogP contribution is 2.29. The molecule has 21 heavy (non-hydrogen) atoms. The summed E-state index contributed by atoms with van der Waals surface area (Å²) >= 11 is 0. The number of hydrogen-bond donors (Lipinski definition) is 2. The lowest BCUT2D eigenvalue weighted by Crippen LogP contribution is -2.39. The molecule has 1 rings (SSSR count). The van der Waals surface area contributed by atoms with Crippen molar-refractivity contribution in [1.29, 1.82) is 0 Å². The fourth-order valence-corrected chi connectivity index (χ4v) is 1.59. The number of urea groups is 1. The van der Waals surface area contributed by atoms with Crippen molar-refractivity contribution >= 4 is 17.7 Å². The summed E-state index contributed by atoms with van der Waals surface area (Å²) in [4.78, 5) is 23.7. The lowest BCUT2D eigenvalue weighted by atomic mass is 10.2. The zero-order valence-corrected chi connectivity index (χ0v) is 11.8. The number of terminal acetylenes is 1. The van der Waals surface area contributed by atoms with Gasteiger partial charge in [0, 0.05) is 11.8 Å². The number of ether oxygens (including phenoxy) is 2. The van der Waals surface area contributed by atoms with Crippen LogP contribution in [0, 0.1) is 12.3 Å². The first-order valence-electron chi connectivity index (χ1n) is 5.95. The minimum Gasteiger partial charge on any atom is -0.493 e. The van der Waals surface area contributed by atoms with Gasteiger partial charge in [-0.3, -0.25) is 4.79 Å². The van der Waals surface area contributed by atoms with Crippen LogP contribution in [0.4, 0.5) is 10.5 Å². The Hall–Kier alpha value is -2.88. The Kier molecular flexibility index (Phi) is 5.89. The first-order chi connectivity index (χ1) is 10.0. The van der Waals surface area contributed by atoms with Crippen LogP contribution in [0.5, 0.6) is 11.5 Å². The summed E-state index contributed by atoms with van der Waals surface area (Å²) in [5, 5.41) is 11.3. The van der Waals surface area contributed by atoms with Gasteiger partial charge in [-0.2, -0.15) is 0 Å². The van der Waals surface area contributed by atoms with Crippen molar-refractivity contribution in [2.75, 3.05) is 32.6 Å². The maximum Gasteiger partial charge on any atom is 0.323 e. The summed E-state index contributed by atoms with van der Waals surface area (Å²) < 4.78 is 10.2. The fraction of sp³-hybridized carbons (Fsp3) is 0.286. The molecule has 0 saturated heterocycles. The van der Waals surface area contributed by atoms with Crippen LogP contribution in [0.15, 0.2) is 18.2 Å². The Morgan fingerprint density at radius 2 is 2.00 bits per heavy atom. The predicted molar refractivity (Wildman–Crippen MR) is 76.6 cm³/mol. The van der Waals surface area contributed by atoms with E-state index in [-0.39, 0.29) is 6.54 Å². The van der Waals surface area contributed by atoms with Gasteiger partial charge in [-0.15, -0.1) is 6.42 Å². The van der Waals surface area contributed by atoms with E-state index in [1.807, 2.05) is 0 Å². The van der Waals surface area contributed by atoms with Gasteiger partial charge >= 0.3 is 12.0 Å². The van der Waals surface area contributed by atoms with Crippen LogP contribution >= 0.6 is 0 Å². The summed E-state index contributed by atoms with van der Waals surface area (Å²) in [5.41, 5.74) is 0.435. The number of carbonyl (C=O) groups excluding carboxylic acids is 1. The molecular formula is C14H16N2O5. The maximum atomic E-state index is 12.0. The molecule has 0 aliphatic carbocycles. The molecule has 7 heteroatoms. The highest BCUT2D eigenvalue weighted by molar-refractivity contribution is 5.91. The van der Waals surface area contributed by atoms with E-state index in [1.54, 1.807) is 18.2 Å². The topological polar surface area (TPSA) is 88.1 Å². The molecule has 0 saturated carbocycles. The Labute approximate surface area is 122 Å². The standard InChI is InChI=1S/C14H16N2O5/c1-4-7-16(9-13(17)18)14(19)15-10-5-6-11(20-2)12(8-10)21-3/h1,5-6,8H,7,9H2,2-3H3,(H,15,19)(H,17,18). The smallest absolute Gasteiger partial charge is 0.323 e. The molecular weight excluding hydrogens is 276 g/mol. The van der Waals surface area contributed by atoms with Crippen LogP contribution in [0.2, 0.25) is 0 Å². The number of carbonyl (C=O) groups is 2. The van der Waals surface area contributed by atoms with Gasteiger partial charge in [-0.1, -0.05) is 5.92 Å². The average Bonchev–Trinajstić information content (AvgIpc) is 2.46. The van der Waals surface area contributed by atoms with Gasteiger partial charge < -0.3 is 24.8 Å². The van der Waals surface area contributed by atoms with Crippen LogP contribution < -0.4 is 14.8 Å². The normalized spacial score (nSPS) is 9.38. The summed E-state index contributed by atoms with van der Waals surface area (Å²) in [6.07, 6.45) is 5.12. The number of methoxy groups -OCH3 is 2. The molecule has 2 amide bonds. The summed E-state index contributed by atoms with van der Waals surface area (Å²) in [5.74, 6) is 2.05. The second kappa shape index (κ2) is 7.65. The van der Waals surface area contributed by atoms with Crippen LogP contribution in [0.25, 0.3) is 0 Å². The number of amides is 2. The third kappa shape index (κ3) is 4.62.